The van der Waals surface area contributed by atoms with Crippen LogP contribution < -0.4 is 0 Å². The van der Waals surface area contributed by atoms with Crippen molar-refractivity contribution in [3.8, 4) is 0 Å². The van der Waals surface area contributed by atoms with Crippen molar-refractivity contribution in [2.24, 2.45) is 0 Å². The number of benzene rings is 3. The highest BCUT2D eigenvalue weighted by molar-refractivity contribution is 6.11. The van der Waals surface area contributed by atoms with Crippen molar-refractivity contribution < 1.29 is 24.3 Å². The Hall–Kier alpha value is -4.38. The van der Waals surface area contributed by atoms with Crippen LogP contribution in [-0.4, -0.2) is 28.4 Å². The minimum Gasteiger partial charge on any atom is -0.478 e. The zero-order chi connectivity index (χ0) is 23.1. The molecule has 0 aliphatic heterocycles. The summed E-state index contributed by atoms with van der Waals surface area (Å²) in [6.45, 7) is 1.47. The number of rotatable bonds is 8. The second-order valence-electron chi connectivity index (χ2n) is 7.10. The van der Waals surface area contributed by atoms with Crippen molar-refractivity contribution in [1.29, 1.82) is 0 Å². The fraction of sp³-hybridized carbons (Fsp3) is 0.0370. The molecule has 0 saturated carbocycles. The number of ketones is 3. The highest BCUT2D eigenvalue weighted by Crippen LogP contribution is 2.14. The molecule has 1 N–H and O–H groups in total. The minimum absolute atomic E-state index is 0.0503. The van der Waals surface area contributed by atoms with Gasteiger partial charge in [0, 0.05) is 16.7 Å². The lowest BCUT2D eigenvalue weighted by atomic mass is 9.99. The van der Waals surface area contributed by atoms with E-state index in [-0.39, 0.29) is 22.9 Å². The first-order valence-corrected chi connectivity index (χ1v) is 9.83. The molecule has 5 nitrogen and oxygen atoms in total. The van der Waals surface area contributed by atoms with Gasteiger partial charge < -0.3 is 5.11 Å². The van der Waals surface area contributed by atoms with Gasteiger partial charge in [-0.2, -0.15) is 0 Å². The molecule has 3 rings (SSSR count). The third-order valence-electron chi connectivity index (χ3n) is 4.70. The van der Waals surface area contributed by atoms with Crippen LogP contribution in [-0.2, 0) is 4.79 Å². The molecule has 0 aliphatic rings. The van der Waals surface area contributed by atoms with Crippen LogP contribution in [0.3, 0.4) is 0 Å². The Kier molecular flexibility index (Phi) is 7.03. The van der Waals surface area contributed by atoms with Gasteiger partial charge in [-0.15, -0.1) is 0 Å². The molecule has 0 fully saturated rings. The average molecular weight is 424 g/mol. The molecule has 5 heteroatoms. The molecule has 32 heavy (non-hydrogen) atoms. The van der Waals surface area contributed by atoms with Gasteiger partial charge in [-0.1, -0.05) is 72.8 Å². The normalized spacial score (nSPS) is 11.0. The Balaban J connectivity index is 1.67. The van der Waals surface area contributed by atoms with Gasteiger partial charge in [0.1, 0.15) is 0 Å². The first-order valence-electron chi connectivity index (χ1n) is 9.83. The first kappa shape index (κ1) is 22.3. The number of aromatic carboxylic acids is 1. The van der Waals surface area contributed by atoms with Gasteiger partial charge in [0.15, 0.2) is 17.3 Å². The van der Waals surface area contributed by atoms with Crippen LogP contribution in [0.4, 0.5) is 0 Å². The van der Waals surface area contributed by atoms with E-state index in [1.807, 2.05) is 0 Å². The standard InChI is InChI=1S/C27H20O5/c1-18(28)2-3-19-4-9-22(10-5-19)26(30)23-15-13-21(14-16-23)25(29)17-8-20-6-11-24(12-7-20)27(31)32/h2-17H,1H3,(H,31,32)/b3-2+,17-8+. The van der Waals surface area contributed by atoms with Gasteiger partial charge in [-0.05, 0) is 42.3 Å². The van der Waals surface area contributed by atoms with Crippen LogP contribution >= 0.6 is 0 Å². The first-order chi connectivity index (χ1) is 15.3. The average Bonchev–Trinajstić information content (AvgIpc) is 2.81. The third-order valence-corrected chi connectivity index (χ3v) is 4.70. The molecule has 3 aromatic rings. The molecule has 0 radical (unpaired) electrons. The van der Waals surface area contributed by atoms with Crippen LogP contribution in [0.25, 0.3) is 12.2 Å². The Bertz CT molecular complexity index is 1210. The third kappa shape index (κ3) is 5.83. The predicted molar refractivity (Wildman–Crippen MR) is 123 cm³/mol. The van der Waals surface area contributed by atoms with E-state index in [1.54, 1.807) is 72.8 Å². The van der Waals surface area contributed by atoms with Crippen molar-refractivity contribution in [1.82, 2.24) is 0 Å². The molecule has 0 atom stereocenters. The fourth-order valence-electron chi connectivity index (χ4n) is 2.92. The minimum atomic E-state index is -1.01. The van der Waals surface area contributed by atoms with Crippen LogP contribution in [0.15, 0.2) is 84.9 Å². The van der Waals surface area contributed by atoms with E-state index < -0.39 is 5.97 Å². The topological polar surface area (TPSA) is 88.5 Å². The molecule has 158 valence electrons. The number of hydrogen-bond donors (Lipinski definition) is 1. The van der Waals surface area contributed by atoms with Crippen molar-refractivity contribution in [3.63, 3.8) is 0 Å². The van der Waals surface area contributed by atoms with Gasteiger partial charge in [0.2, 0.25) is 0 Å². The lowest BCUT2D eigenvalue weighted by Gasteiger charge is -2.03. The zero-order valence-corrected chi connectivity index (χ0v) is 17.3. The van der Waals surface area contributed by atoms with Gasteiger partial charge in [0.05, 0.1) is 5.56 Å². The van der Waals surface area contributed by atoms with E-state index in [1.165, 1.54) is 31.2 Å². The quantitative estimate of drug-likeness (QED) is 0.401. The summed E-state index contributed by atoms with van der Waals surface area (Å²) < 4.78 is 0. The van der Waals surface area contributed by atoms with Gasteiger partial charge in [-0.3, -0.25) is 14.4 Å². The van der Waals surface area contributed by atoms with Crippen LogP contribution in [0, 0.1) is 0 Å². The lowest BCUT2D eigenvalue weighted by Crippen LogP contribution is -2.02. The zero-order valence-electron chi connectivity index (χ0n) is 17.3. The van der Waals surface area contributed by atoms with Crippen molar-refractivity contribution >= 4 is 35.5 Å². The van der Waals surface area contributed by atoms with E-state index in [9.17, 15) is 19.2 Å². The smallest absolute Gasteiger partial charge is 0.335 e. The second kappa shape index (κ2) is 10.1. The van der Waals surface area contributed by atoms with Gasteiger partial charge >= 0.3 is 5.97 Å². The van der Waals surface area contributed by atoms with Crippen LogP contribution in [0.5, 0.6) is 0 Å². The van der Waals surface area contributed by atoms with E-state index >= 15 is 0 Å². The summed E-state index contributed by atoms with van der Waals surface area (Å²) in [5, 5.41) is 8.92. The number of carboxylic acids is 1. The summed E-state index contributed by atoms with van der Waals surface area (Å²) in [6, 6.07) is 19.5. The van der Waals surface area contributed by atoms with Gasteiger partial charge in [-0.25, -0.2) is 4.79 Å². The molecule has 0 heterocycles. The Morgan fingerprint density at radius 2 is 1.00 bits per heavy atom. The molecule has 0 amide bonds. The molecular weight excluding hydrogens is 404 g/mol. The number of hydrogen-bond acceptors (Lipinski definition) is 4. The summed E-state index contributed by atoms with van der Waals surface area (Å²) in [5.74, 6) is -1.45. The lowest BCUT2D eigenvalue weighted by molar-refractivity contribution is -0.112. The Labute approximate surface area is 185 Å². The molecule has 0 bridgehead atoms. The maximum Gasteiger partial charge on any atom is 0.335 e. The number of allylic oxidation sites excluding steroid dienone is 2. The van der Waals surface area contributed by atoms with Gasteiger partial charge in [0.25, 0.3) is 0 Å². The van der Waals surface area contributed by atoms with Crippen LogP contribution in [0.2, 0.25) is 0 Å². The highest BCUT2D eigenvalue weighted by Gasteiger charge is 2.10. The number of carbonyl (C=O) groups excluding carboxylic acids is 3. The maximum atomic E-state index is 12.7. The SMILES string of the molecule is CC(=O)/C=C/c1ccc(C(=O)c2ccc(C(=O)/C=C/c3ccc(C(=O)O)cc3)cc2)cc1. The van der Waals surface area contributed by atoms with E-state index in [4.69, 9.17) is 5.11 Å². The molecular formula is C27H20O5. The van der Waals surface area contributed by atoms with E-state index in [2.05, 4.69) is 0 Å². The molecule has 0 spiro atoms. The Morgan fingerprint density at radius 1 is 0.594 bits per heavy atom. The summed E-state index contributed by atoms with van der Waals surface area (Å²) in [5.41, 5.74) is 3.11. The Morgan fingerprint density at radius 3 is 1.47 bits per heavy atom. The number of carbonyl (C=O) groups is 4. The van der Waals surface area contributed by atoms with Crippen LogP contribution in [0.1, 0.15) is 54.7 Å². The van der Waals surface area contributed by atoms with Crippen molar-refractivity contribution in [2.75, 3.05) is 0 Å². The maximum absolute atomic E-state index is 12.7. The van der Waals surface area contributed by atoms with Crippen molar-refractivity contribution in [3.05, 3.63) is 118 Å². The molecule has 3 aromatic carbocycles. The van der Waals surface area contributed by atoms with Crippen molar-refractivity contribution in [2.45, 2.75) is 6.92 Å². The number of carboxylic acid groups (broad SMARTS) is 1. The molecule has 0 aromatic heterocycles. The highest BCUT2D eigenvalue weighted by atomic mass is 16.4. The largest absolute Gasteiger partial charge is 0.478 e. The molecule has 0 unspecified atom stereocenters. The summed E-state index contributed by atoms with van der Waals surface area (Å²) >= 11 is 0. The predicted octanol–water partition coefficient (Wildman–Crippen LogP) is 5.11. The fourth-order valence-corrected chi connectivity index (χ4v) is 2.92. The summed E-state index contributed by atoms with van der Waals surface area (Å²) in [4.78, 5) is 47.0. The second-order valence-corrected chi connectivity index (χ2v) is 7.10. The van der Waals surface area contributed by atoms with E-state index in [0.717, 1.165) is 5.56 Å². The summed E-state index contributed by atoms with van der Waals surface area (Å²) in [6.07, 6.45) is 6.16. The molecule has 0 aliphatic carbocycles. The summed E-state index contributed by atoms with van der Waals surface area (Å²) in [7, 11) is 0. The monoisotopic (exact) mass is 424 g/mol. The molecule has 0 saturated heterocycles. The van der Waals surface area contributed by atoms with E-state index in [0.29, 0.717) is 22.3 Å².